The molecule has 0 saturated carbocycles. The fourth-order valence-electron chi connectivity index (χ4n) is 4.21. The molecule has 0 bridgehead atoms. The zero-order valence-corrected chi connectivity index (χ0v) is 16.6. The van der Waals surface area contributed by atoms with Crippen LogP contribution in [0.5, 0.6) is 0 Å². The highest BCUT2D eigenvalue weighted by Gasteiger charge is 2.30. The van der Waals surface area contributed by atoms with Crippen molar-refractivity contribution in [1.82, 2.24) is 19.6 Å². The van der Waals surface area contributed by atoms with Gasteiger partial charge in [-0.15, -0.1) is 0 Å². The third-order valence-electron chi connectivity index (χ3n) is 5.25. The molecule has 2 atom stereocenters. The second-order valence-corrected chi connectivity index (χ2v) is 7.89. The molecule has 0 aliphatic carbocycles. The van der Waals surface area contributed by atoms with Crippen molar-refractivity contribution in [3.05, 3.63) is 46.4 Å². The van der Waals surface area contributed by atoms with Crippen molar-refractivity contribution in [2.75, 3.05) is 13.1 Å². The number of fused-ring (bicyclic) bond motifs is 3. The number of hydrogen-bond donors (Lipinski definition) is 2. The number of carboxylic acid groups (broad SMARTS) is 1. The van der Waals surface area contributed by atoms with Gasteiger partial charge in [0.2, 0.25) is 0 Å². The smallest absolute Gasteiger partial charge is 0.356 e. The number of carboxylic acids is 1. The highest BCUT2D eigenvalue weighted by molar-refractivity contribution is 6.31. The molecule has 1 aliphatic heterocycles. The van der Waals surface area contributed by atoms with Crippen molar-refractivity contribution in [3.8, 4) is 0 Å². The van der Waals surface area contributed by atoms with Crippen LogP contribution in [0.4, 0.5) is 0 Å². The number of piperazine rings is 1. The van der Waals surface area contributed by atoms with Crippen molar-refractivity contribution in [3.63, 3.8) is 0 Å². The van der Waals surface area contributed by atoms with E-state index in [4.69, 9.17) is 11.6 Å². The molecule has 4 rings (SSSR count). The minimum absolute atomic E-state index is 0.0644. The van der Waals surface area contributed by atoms with Crippen LogP contribution in [0.3, 0.4) is 0 Å². The van der Waals surface area contributed by atoms with Crippen molar-refractivity contribution in [2.24, 2.45) is 0 Å². The van der Waals surface area contributed by atoms with E-state index in [1.165, 1.54) is 6.33 Å². The predicted molar refractivity (Wildman–Crippen MR) is 107 cm³/mol. The molecule has 2 N–H and O–H groups in total. The number of amides is 1. The van der Waals surface area contributed by atoms with E-state index in [0.717, 1.165) is 0 Å². The van der Waals surface area contributed by atoms with Gasteiger partial charge in [0.05, 0.1) is 16.6 Å². The average Bonchev–Trinajstić information content (AvgIpc) is 3.06. The quantitative estimate of drug-likeness (QED) is 0.690. The molecule has 3 aromatic rings. The summed E-state index contributed by atoms with van der Waals surface area (Å²) in [5.41, 5.74) is 2.14. The third-order valence-corrected chi connectivity index (χ3v) is 5.48. The van der Waals surface area contributed by atoms with Crippen LogP contribution in [0, 0.1) is 6.92 Å². The van der Waals surface area contributed by atoms with Gasteiger partial charge in [-0.05, 0) is 44.5 Å². The number of aromatic carboxylic acids is 1. The lowest BCUT2D eigenvalue weighted by Gasteiger charge is -2.36. The van der Waals surface area contributed by atoms with Crippen molar-refractivity contribution < 1.29 is 14.7 Å². The first-order chi connectivity index (χ1) is 13.3. The van der Waals surface area contributed by atoms with E-state index in [2.05, 4.69) is 10.3 Å². The summed E-state index contributed by atoms with van der Waals surface area (Å²) >= 11 is 6.23. The molecule has 1 fully saturated rings. The molecule has 1 aromatic carbocycles. The van der Waals surface area contributed by atoms with Gasteiger partial charge in [-0.25, -0.2) is 9.78 Å². The lowest BCUT2D eigenvalue weighted by atomic mass is 9.99. The predicted octanol–water partition coefficient (Wildman–Crippen LogP) is 2.97. The summed E-state index contributed by atoms with van der Waals surface area (Å²) < 4.78 is 1.71. The van der Waals surface area contributed by atoms with Crippen LogP contribution in [0.25, 0.3) is 16.4 Å². The number of aryl methyl sites for hydroxylation is 1. The van der Waals surface area contributed by atoms with Gasteiger partial charge in [-0.1, -0.05) is 11.6 Å². The molecule has 1 amide bonds. The number of nitrogens with zero attached hydrogens (tertiary/aromatic N) is 3. The van der Waals surface area contributed by atoms with E-state index < -0.39 is 5.97 Å². The highest BCUT2D eigenvalue weighted by Crippen LogP contribution is 2.31. The number of imidazole rings is 1. The van der Waals surface area contributed by atoms with Crippen LogP contribution in [0.2, 0.25) is 5.02 Å². The van der Waals surface area contributed by atoms with Crippen LogP contribution in [0.1, 0.15) is 40.3 Å². The second kappa shape index (κ2) is 6.76. The molecule has 28 heavy (non-hydrogen) atoms. The minimum atomic E-state index is -1.12. The van der Waals surface area contributed by atoms with E-state index in [-0.39, 0.29) is 23.7 Å². The fraction of sp³-hybridized carbons (Fsp3) is 0.350. The third kappa shape index (κ3) is 2.91. The number of carbonyl (C=O) groups excluding carboxylic acids is 1. The maximum atomic E-state index is 13.6. The summed E-state index contributed by atoms with van der Waals surface area (Å²) in [6.45, 7) is 7.02. The van der Waals surface area contributed by atoms with Crippen molar-refractivity contribution >= 4 is 39.9 Å². The second-order valence-electron chi connectivity index (χ2n) is 7.46. The van der Waals surface area contributed by atoms with Crippen molar-refractivity contribution in [2.45, 2.75) is 32.9 Å². The summed E-state index contributed by atoms with van der Waals surface area (Å²) in [6, 6.07) is 5.62. The Hall–Kier alpha value is -2.64. The first kappa shape index (κ1) is 18.7. The van der Waals surface area contributed by atoms with E-state index in [1.807, 2.05) is 18.7 Å². The Labute approximate surface area is 166 Å². The molecule has 146 valence electrons. The Morgan fingerprint density at radius 2 is 1.93 bits per heavy atom. The first-order valence-corrected chi connectivity index (χ1v) is 9.53. The number of hydrogen-bond acceptors (Lipinski definition) is 4. The van der Waals surface area contributed by atoms with Gasteiger partial charge in [0, 0.05) is 35.6 Å². The SMILES string of the molecule is Cc1c(C(=O)N2C[C@@H](C)N[C@@H](C)C2)c2cc(Cl)ccc2n2cnc(C(=O)O)c12. The van der Waals surface area contributed by atoms with E-state index in [1.54, 1.807) is 29.5 Å². The number of pyridine rings is 1. The Kier molecular flexibility index (Phi) is 4.51. The standard InChI is InChI=1S/C20H21ClN4O3/c1-10-7-24(8-11(2)23-10)19(26)16-12(3)18-17(20(27)28)22-9-25(18)15-5-4-13(21)6-14(15)16/h4-6,9-11,23H,7-8H2,1-3H3,(H,27,28)/t10-,11+. The van der Waals surface area contributed by atoms with Gasteiger partial charge in [0.25, 0.3) is 5.91 Å². The first-order valence-electron chi connectivity index (χ1n) is 9.15. The topological polar surface area (TPSA) is 86.9 Å². The summed E-state index contributed by atoms with van der Waals surface area (Å²) in [6.07, 6.45) is 1.48. The minimum Gasteiger partial charge on any atom is -0.476 e. The largest absolute Gasteiger partial charge is 0.476 e. The Morgan fingerprint density at radius 1 is 1.25 bits per heavy atom. The van der Waals surface area contributed by atoms with Crippen LogP contribution < -0.4 is 5.32 Å². The summed E-state index contributed by atoms with van der Waals surface area (Å²) in [5.74, 6) is -1.24. The van der Waals surface area contributed by atoms with Crippen LogP contribution in [0.15, 0.2) is 24.5 Å². The Morgan fingerprint density at radius 3 is 2.57 bits per heavy atom. The number of carbonyl (C=O) groups is 2. The van der Waals surface area contributed by atoms with Crippen LogP contribution in [-0.4, -0.2) is 56.4 Å². The number of halogens is 1. The maximum absolute atomic E-state index is 13.6. The molecular weight excluding hydrogens is 380 g/mol. The zero-order chi connectivity index (χ0) is 20.2. The lowest BCUT2D eigenvalue weighted by Crippen LogP contribution is -2.55. The molecule has 0 spiro atoms. The average molecular weight is 401 g/mol. The molecule has 0 unspecified atom stereocenters. The molecule has 3 heterocycles. The van der Waals surface area contributed by atoms with Gasteiger partial charge >= 0.3 is 5.97 Å². The van der Waals surface area contributed by atoms with Gasteiger partial charge in [-0.2, -0.15) is 0 Å². The molecular formula is C20H21ClN4O3. The summed E-state index contributed by atoms with van der Waals surface area (Å²) in [7, 11) is 0. The molecule has 1 saturated heterocycles. The normalized spacial score (nSPS) is 20.1. The summed E-state index contributed by atoms with van der Waals surface area (Å²) in [4.78, 5) is 31.1. The van der Waals surface area contributed by atoms with Crippen molar-refractivity contribution in [1.29, 1.82) is 0 Å². The van der Waals surface area contributed by atoms with Gasteiger partial charge in [0.1, 0.15) is 6.33 Å². The molecule has 7 nitrogen and oxygen atoms in total. The van der Waals surface area contributed by atoms with Crippen LogP contribution >= 0.6 is 11.6 Å². The number of nitrogens with one attached hydrogen (secondary N) is 1. The fourth-order valence-corrected chi connectivity index (χ4v) is 4.38. The Balaban J connectivity index is 2.01. The summed E-state index contributed by atoms with van der Waals surface area (Å²) in [5, 5.41) is 14.2. The number of benzene rings is 1. The van der Waals surface area contributed by atoms with Crippen LogP contribution in [-0.2, 0) is 0 Å². The highest BCUT2D eigenvalue weighted by atomic mass is 35.5. The molecule has 1 aliphatic rings. The van der Waals surface area contributed by atoms with E-state index in [9.17, 15) is 14.7 Å². The van der Waals surface area contributed by atoms with E-state index in [0.29, 0.717) is 45.7 Å². The molecule has 0 radical (unpaired) electrons. The van der Waals surface area contributed by atoms with Gasteiger partial charge < -0.3 is 15.3 Å². The van der Waals surface area contributed by atoms with E-state index >= 15 is 0 Å². The maximum Gasteiger partial charge on any atom is 0.356 e. The zero-order valence-electron chi connectivity index (χ0n) is 15.9. The molecule has 2 aromatic heterocycles. The monoisotopic (exact) mass is 400 g/mol. The number of aromatic nitrogens is 2. The Bertz CT molecular complexity index is 1110. The molecule has 8 heteroatoms. The van der Waals surface area contributed by atoms with Gasteiger partial charge in [-0.3, -0.25) is 9.20 Å². The number of rotatable bonds is 2. The van der Waals surface area contributed by atoms with Gasteiger partial charge in [0.15, 0.2) is 5.69 Å². The lowest BCUT2D eigenvalue weighted by molar-refractivity contribution is 0.0670.